The molecular formula is C19H18O4S. The van der Waals surface area contributed by atoms with E-state index in [0.717, 1.165) is 21.9 Å². The fraction of sp³-hybridized carbons (Fsp3) is 0.158. The van der Waals surface area contributed by atoms with Crippen LogP contribution in [0.2, 0.25) is 0 Å². The van der Waals surface area contributed by atoms with Gasteiger partial charge in [0.15, 0.2) is 5.75 Å². The minimum atomic E-state index is -4.01. The van der Waals surface area contributed by atoms with Gasteiger partial charge in [-0.25, -0.2) is 0 Å². The highest BCUT2D eigenvalue weighted by atomic mass is 32.2. The second kappa shape index (κ2) is 6.17. The standard InChI is InChI=1S/C19H18O4S/c1-13-11-18(22-3)19(12-14(13)2)24(20,21)23-17-10-6-8-15-7-4-5-9-16(15)17/h4-12H,1-3H3. The summed E-state index contributed by atoms with van der Waals surface area (Å²) in [7, 11) is -2.57. The normalized spacial score (nSPS) is 11.5. The molecule has 0 aromatic heterocycles. The molecule has 0 atom stereocenters. The Morgan fingerprint density at radius 1 is 0.833 bits per heavy atom. The van der Waals surface area contributed by atoms with Gasteiger partial charge in [0.05, 0.1) is 7.11 Å². The van der Waals surface area contributed by atoms with Crippen LogP contribution in [0.15, 0.2) is 59.5 Å². The Morgan fingerprint density at radius 3 is 2.25 bits per heavy atom. The quantitative estimate of drug-likeness (QED) is 0.666. The Kier molecular flexibility index (Phi) is 4.20. The molecule has 4 nitrogen and oxygen atoms in total. The SMILES string of the molecule is COc1cc(C)c(C)cc1S(=O)(=O)Oc1cccc2ccccc12. The zero-order valence-electron chi connectivity index (χ0n) is 13.7. The van der Waals surface area contributed by atoms with Crippen molar-refractivity contribution in [2.75, 3.05) is 7.11 Å². The first kappa shape index (κ1) is 16.3. The van der Waals surface area contributed by atoms with Crippen molar-refractivity contribution in [2.24, 2.45) is 0 Å². The Labute approximate surface area is 141 Å². The fourth-order valence-electron chi connectivity index (χ4n) is 2.55. The summed E-state index contributed by atoms with van der Waals surface area (Å²) in [6, 6.07) is 16.1. The number of benzene rings is 3. The maximum atomic E-state index is 12.8. The summed E-state index contributed by atoms with van der Waals surface area (Å²) in [5.41, 5.74) is 1.81. The molecule has 5 heteroatoms. The lowest BCUT2D eigenvalue weighted by atomic mass is 10.1. The van der Waals surface area contributed by atoms with Crippen molar-refractivity contribution in [1.82, 2.24) is 0 Å². The molecule has 124 valence electrons. The van der Waals surface area contributed by atoms with E-state index in [-0.39, 0.29) is 10.6 Å². The van der Waals surface area contributed by atoms with E-state index in [1.54, 1.807) is 24.3 Å². The maximum absolute atomic E-state index is 12.8. The molecule has 3 aromatic rings. The highest BCUT2D eigenvalue weighted by Gasteiger charge is 2.23. The zero-order valence-corrected chi connectivity index (χ0v) is 14.6. The van der Waals surface area contributed by atoms with E-state index in [2.05, 4.69) is 0 Å². The third-order valence-electron chi connectivity index (χ3n) is 4.00. The van der Waals surface area contributed by atoms with Crippen LogP contribution in [-0.4, -0.2) is 15.5 Å². The van der Waals surface area contributed by atoms with Crippen LogP contribution in [0.25, 0.3) is 10.8 Å². The van der Waals surface area contributed by atoms with E-state index < -0.39 is 10.1 Å². The smallest absolute Gasteiger partial charge is 0.342 e. The van der Waals surface area contributed by atoms with Crippen LogP contribution in [-0.2, 0) is 10.1 Å². The number of rotatable bonds is 4. The molecule has 0 spiro atoms. The largest absolute Gasteiger partial charge is 0.495 e. The summed E-state index contributed by atoms with van der Waals surface area (Å²) in [4.78, 5) is 0.0287. The molecule has 0 aliphatic rings. The Morgan fingerprint density at radius 2 is 1.50 bits per heavy atom. The van der Waals surface area contributed by atoms with Gasteiger partial charge in [0.25, 0.3) is 0 Å². The van der Waals surface area contributed by atoms with Gasteiger partial charge in [-0.3, -0.25) is 0 Å². The maximum Gasteiger partial charge on any atom is 0.342 e. The molecule has 0 heterocycles. The minimum Gasteiger partial charge on any atom is -0.495 e. The Bertz CT molecular complexity index is 1000. The zero-order chi connectivity index (χ0) is 17.3. The van der Waals surface area contributed by atoms with E-state index in [4.69, 9.17) is 8.92 Å². The number of methoxy groups -OCH3 is 1. The molecule has 0 radical (unpaired) electrons. The van der Waals surface area contributed by atoms with Crippen LogP contribution in [0.5, 0.6) is 11.5 Å². The van der Waals surface area contributed by atoms with Gasteiger partial charge in [0.1, 0.15) is 10.6 Å². The fourth-order valence-corrected chi connectivity index (χ4v) is 3.73. The number of hydrogen-bond donors (Lipinski definition) is 0. The second-order valence-corrected chi connectivity index (χ2v) is 7.12. The first-order valence-corrected chi connectivity index (χ1v) is 8.90. The summed E-state index contributed by atoms with van der Waals surface area (Å²) in [5, 5.41) is 1.66. The average Bonchev–Trinajstić information content (AvgIpc) is 2.57. The minimum absolute atomic E-state index is 0.0287. The van der Waals surface area contributed by atoms with Crippen LogP contribution >= 0.6 is 0 Å². The van der Waals surface area contributed by atoms with E-state index in [9.17, 15) is 8.42 Å². The van der Waals surface area contributed by atoms with E-state index in [0.29, 0.717) is 5.75 Å². The molecule has 0 N–H and O–H groups in total. The third kappa shape index (κ3) is 2.95. The van der Waals surface area contributed by atoms with Crippen molar-refractivity contribution in [3.8, 4) is 11.5 Å². The predicted octanol–water partition coefficient (Wildman–Crippen LogP) is 4.23. The van der Waals surface area contributed by atoms with Crippen LogP contribution in [0.1, 0.15) is 11.1 Å². The van der Waals surface area contributed by atoms with E-state index in [1.165, 1.54) is 7.11 Å². The molecule has 0 fully saturated rings. The number of ether oxygens (including phenoxy) is 1. The molecule has 0 aliphatic heterocycles. The van der Waals surface area contributed by atoms with Gasteiger partial charge in [0, 0.05) is 5.39 Å². The highest BCUT2D eigenvalue weighted by Crippen LogP contribution is 2.32. The van der Waals surface area contributed by atoms with Crippen LogP contribution in [0, 0.1) is 13.8 Å². The third-order valence-corrected chi connectivity index (χ3v) is 5.26. The molecule has 0 saturated heterocycles. The van der Waals surface area contributed by atoms with Gasteiger partial charge in [-0.15, -0.1) is 0 Å². The van der Waals surface area contributed by atoms with Gasteiger partial charge >= 0.3 is 10.1 Å². The van der Waals surface area contributed by atoms with Crippen LogP contribution < -0.4 is 8.92 Å². The lowest BCUT2D eigenvalue weighted by molar-refractivity contribution is 0.397. The average molecular weight is 342 g/mol. The van der Waals surface area contributed by atoms with Gasteiger partial charge < -0.3 is 8.92 Å². The Balaban J connectivity index is 2.11. The second-order valence-electron chi connectivity index (χ2n) is 5.60. The first-order valence-electron chi connectivity index (χ1n) is 7.50. The monoisotopic (exact) mass is 342 g/mol. The van der Waals surface area contributed by atoms with Gasteiger partial charge in [-0.2, -0.15) is 8.42 Å². The molecule has 3 aromatic carbocycles. The number of aryl methyl sites for hydroxylation is 2. The van der Waals surface area contributed by atoms with Gasteiger partial charge in [-0.05, 0) is 48.6 Å². The summed E-state index contributed by atoms with van der Waals surface area (Å²) in [5.74, 6) is 0.576. The summed E-state index contributed by atoms with van der Waals surface area (Å²) in [6.45, 7) is 3.76. The lowest BCUT2D eigenvalue weighted by Gasteiger charge is -2.14. The molecule has 0 bridgehead atoms. The number of hydrogen-bond acceptors (Lipinski definition) is 4. The molecule has 3 rings (SSSR count). The van der Waals surface area contributed by atoms with Crippen LogP contribution in [0.3, 0.4) is 0 Å². The molecule has 0 saturated carbocycles. The van der Waals surface area contributed by atoms with Crippen molar-refractivity contribution >= 4 is 20.9 Å². The van der Waals surface area contributed by atoms with Crippen molar-refractivity contribution < 1.29 is 17.3 Å². The first-order chi connectivity index (χ1) is 11.4. The topological polar surface area (TPSA) is 52.6 Å². The van der Waals surface area contributed by atoms with E-state index in [1.807, 2.05) is 44.2 Å². The number of fused-ring (bicyclic) bond motifs is 1. The molecule has 0 unspecified atom stereocenters. The summed E-state index contributed by atoms with van der Waals surface area (Å²) in [6.07, 6.45) is 0. The molecule has 24 heavy (non-hydrogen) atoms. The van der Waals surface area contributed by atoms with Gasteiger partial charge in [0.2, 0.25) is 0 Å². The van der Waals surface area contributed by atoms with Crippen LogP contribution in [0.4, 0.5) is 0 Å². The highest BCUT2D eigenvalue weighted by molar-refractivity contribution is 7.87. The van der Waals surface area contributed by atoms with E-state index >= 15 is 0 Å². The predicted molar refractivity (Wildman–Crippen MR) is 94.2 cm³/mol. The van der Waals surface area contributed by atoms with Gasteiger partial charge in [-0.1, -0.05) is 36.4 Å². The molecule has 0 amide bonds. The van der Waals surface area contributed by atoms with Crippen molar-refractivity contribution in [1.29, 1.82) is 0 Å². The summed E-state index contributed by atoms with van der Waals surface area (Å²) >= 11 is 0. The molecular weight excluding hydrogens is 324 g/mol. The van der Waals surface area contributed by atoms with Crippen molar-refractivity contribution in [3.63, 3.8) is 0 Å². The summed E-state index contributed by atoms with van der Waals surface area (Å²) < 4.78 is 36.2. The lowest BCUT2D eigenvalue weighted by Crippen LogP contribution is -2.12. The Hall–Kier alpha value is -2.53. The van der Waals surface area contributed by atoms with Crippen molar-refractivity contribution in [3.05, 3.63) is 65.7 Å². The molecule has 0 aliphatic carbocycles. The van der Waals surface area contributed by atoms with Crippen molar-refractivity contribution in [2.45, 2.75) is 18.7 Å².